The van der Waals surface area contributed by atoms with E-state index in [2.05, 4.69) is 15.3 Å². The molecule has 1 aromatic rings. The first-order valence-corrected chi connectivity index (χ1v) is 7.01. The number of hydrogen-bond acceptors (Lipinski definition) is 7. The zero-order valence-corrected chi connectivity index (χ0v) is 14.2. The Morgan fingerprint density at radius 3 is 2.04 bits per heavy atom. The molecule has 0 aromatic heterocycles. The van der Waals surface area contributed by atoms with Gasteiger partial charge in [0.15, 0.2) is 11.4 Å². The van der Waals surface area contributed by atoms with Crippen LogP contribution in [0.1, 0.15) is 20.8 Å². The van der Waals surface area contributed by atoms with Crippen LogP contribution in [-0.2, 0) is 4.79 Å². The minimum atomic E-state index is -1.08. The molecule has 0 saturated heterocycles. The van der Waals surface area contributed by atoms with Crippen LogP contribution < -0.4 is 5.11 Å². The highest BCUT2D eigenvalue weighted by atomic mass is 16.6. The normalized spacial score (nSPS) is 15.8. The maximum Gasteiger partial charge on any atom is 0.269 e. The van der Waals surface area contributed by atoms with Gasteiger partial charge in [0.2, 0.25) is 0 Å². The summed E-state index contributed by atoms with van der Waals surface area (Å²) in [6.07, 6.45) is 0. The molecule has 0 amide bonds. The molecule has 1 aromatic carbocycles. The quantitative estimate of drug-likeness (QED) is 0.364. The van der Waals surface area contributed by atoms with Crippen molar-refractivity contribution in [1.29, 1.82) is 0 Å². The number of hydrogen-bond donors (Lipinski definition) is 0. The zero-order valence-electron chi connectivity index (χ0n) is 14.2. The van der Waals surface area contributed by atoms with Gasteiger partial charge >= 0.3 is 0 Å². The zero-order chi connectivity index (χ0) is 18.5. The number of carbonyl (C=O) groups excluding carboxylic acids is 1. The third-order valence-corrected chi connectivity index (χ3v) is 3.23. The minimum Gasteiger partial charge on any atom is -0.550 e. The fourth-order valence-electron chi connectivity index (χ4n) is 1.91. The number of nitrogens with zero attached hydrogens (tertiary/aromatic N) is 5. The first-order valence-electron chi connectivity index (χ1n) is 7.01. The van der Waals surface area contributed by atoms with Gasteiger partial charge in [-0.1, -0.05) is 5.10 Å². The average molecular weight is 333 g/mol. The predicted molar refractivity (Wildman–Crippen MR) is 86.2 cm³/mol. The van der Waals surface area contributed by atoms with Crippen LogP contribution in [0.3, 0.4) is 0 Å². The summed E-state index contributed by atoms with van der Waals surface area (Å²) < 4.78 is 0.417. The van der Waals surface area contributed by atoms with Crippen LogP contribution in [0.5, 0.6) is 0 Å². The van der Waals surface area contributed by atoms with E-state index >= 15 is 0 Å². The largest absolute Gasteiger partial charge is 0.550 e. The highest BCUT2D eigenvalue weighted by Gasteiger charge is 2.31. The maximum absolute atomic E-state index is 10.6. The van der Waals surface area contributed by atoms with Gasteiger partial charge in [-0.05, 0) is 26.0 Å². The third kappa shape index (κ3) is 5.06. The number of quaternary nitrogens is 1. The number of azo groups is 1. The van der Waals surface area contributed by atoms with E-state index in [9.17, 15) is 10.1 Å². The van der Waals surface area contributed by atoms with Crippen LogP contribution in [0.15, 0.2) is 51.0 Å². The molecule has 0 radical (unpaired) electrons. The summed E-state index contributed by atoms with van der Waals surface area (Å²) in [6, 6.07) is 5.95. The summed E-state index contributed by atoms with van der Waals surface area (Å²) in [5.41, 5.74) is 3.20. The van der Waals surface area contributed by atoms with Crippen molar-refractivity contribution >= 4 is 23.1 Å². The Labute approximate surface area is 139 Å². The number of carboxylic acid groups (broad SMARTS) is 1. The van der Waals surface area contributed by atoms with Crippen LogP contribution in [0.25, 0.3) is 0 Å². The van der Waals surface area contributed by atoms with Crippen molar-refractivity contribution < 1.29 is 19.4 Å². The minimum absolute atomic E-state index is 0.0377. The molecule has 2 rings (SSSR count). The van der Waals surface area contributed by atoms with Crippen molar-refractivity contribution in [1.82, 2.24) is 0 Å². The lowest BCUT2D eigenvalue weighted by Gasteiger charge is -2.17. The number of nitro groups is 1. The van der Waals surface area contributed by atoms with Crippen LogP contribution in [-0.4, -0.2) is 35.3 Å². The molecule has 1 heterocycles. The van der Waals surface area contributed by atoms with E-state index in [-0.39, 0.29) is 5.69 Å². The van der Waals surface area contributed by atoms with Crippen molar-refractivity contribution in [3.05, 3.63) is 45.8 Å². The number of non-ortho nitro benzene ring substituents is 1. The van der Waals surface area contributed by atoms with E-state index in [0.29, 0.717) is 10.3 Å². The first kappa shape index (κ1) is 19.1. The van der Waals surface area contributed by atoms with E-state index in [0.717, 1.165) is 24.0 Å². The molecule has 0 unspecified atom stereocenters. The van der Waals surface area contributed by atoms with Gasteiger partial charge in [-0.15, -0.1) is 5.11 Å². The molecular formula is C15H19N5O4. The molecule has 0 saturated carbocycles. The van der Waals surface area contributed by atoms with Gasteiger partial charge in [-0.3, -0.25) is 10.1 Å². The summed E-state index contributed by atoms with van der Waals surface area (Å²) in [5, 5.41) is 32.2. The van der Waals surface area contributed by atoms with Gasteiger partial charge in [0.25, 0.3) is 5.69 Å². The van der Waals surface area contributed by atoms with Gasteiger partial charge < -0.3 is 9.90 Å². The molecule has 0 spiro atoms. The van der Waals surface area contributed by atoms with E-state index in [4.69, 9.17) is 9.90 Å². The Morgan fingerprint density at radius 2 is 1.67 bits per heavy atom. The summed E-state index contributed by atoms with van der Waals surface area (Å²) in [4.78, 5) is 19.0. The summed E-state index contributed by atoms with van der Waals surface area (Å²) in [7, 11) is 3.93. The monoisotopic (exact) mass is 333 g/mol. The van der Waals surface area contributed by atoms with E-state index in [1.807, 2.05) is 27.9 Å². The number of carboxylic acids is 1. The topological polar surface area (TPSA) is 120 Å². The fraction of sp³-hybridized carbons (Fsp3) is 0.333. The molecule has 0 bridgehead atoms. The van der Waals surface area contributed by atoms with Gasteiger partial charge in [-0.2, -0.15) is 9.71 Å². The van der Waals surface area contributed by atoms with Crippen molar-refractivity contribution in [2.75, 3.05) is 14.1 Å². The Hall–Kier alpha value is -2.94. The Morgan fingerprint density at radius 1 is 1.17 bits per heavy atom. The SMILES string of the molecule is CC(=O)[O-].CC1=N[N+](C)(C)C(C)=C1N=Nc1ccc([N+](=O)[O-])cc1. The first-order chi connectivity index (χ1) is 11.0. The van der Waals surface area contributed by atoms with E-state index in [1.54, 1.807) is 12.1 Å². The van der Waals surface area contributed by atoms with Gasteiger partial charge in [0.05, 0.1) is 24.7 Å². The molecule has 0 N–H and O–H groups in total. The number of benzene rings is 1. The number of carbonyl (C=O) groups is 1. The van der Waals surface area contributed by atoms with Crippen LogP contribution >= 0.6 is 0 Å². The molecule has 0 aliphatic carbocycles. The highest BCUT2D eigenvalue weighted by molar-refractivity contribution is 5.98. The molecule has 9 nitrogen and oxygen atoms in total. The number of allylic oxidation sites excluding steroid dienone is 2. The summed E-state index contributed by atoms with van der Waals surface area (Å²) in [6.45, 7) is 4.82. The highest BCUT2D eigenvalue weighted by Crippen LogP contribution is 2.27. The number of aliphatic carboxylic acids is 1. The second kappa shape index (κ2) is 7.55. The van der Waals surface area contributed by atoms with E-state index < -0.39 is 10.9 Å². The Bertz CT molecular complexity index is 729. The van der Waals surface area contributed by atoms with Crippen LogP contribution in [0.2, 0.25) is 0 Å². The molecule has 128 valence electrons. The van der Waals surface area contributed by atoms with Crippen molar-refractivity contribution in [3.8, 4) is 0 Å². The lowest BCUT2D eigenvalue weighted by atomic mass is 10.2. The molecule has 0 atom stereocenters. The van der Waals surface area contributed by atoms with Crippen molar-refractivity contribution in [3.63, 3.8) is 0 Å². The van der Waals surface area contributed by atoms with Gasteiger partial charge in [0.1, 0.15) is 5.71 Å². The average Bonchev–Trinajstić information content (AvgIpc) is 2.65. The molecule has 1 aliphatic heterocycles. The lowest BCUT2D eigenvalue weighted by Crippen LogP contribution is -2.28. The smallest absolute Gasteiger partial charge is 0.269 e. The van der Waals surface area contributed by atoms with E-state index in [1.165, 1.54) is 12.1 Å². The summed E-state index contributed by atoms with van der Waals surface area (Å²) in [5.74, 6) is -1.08. The molecule has 0 fully saturated rings. The lowest BCUT2D eigenvalue weighted by molar-refractivity contribution is -0.856. The summed E-state index contributed by atoms with van der Waals surface area (Å²) >= 11 is 0. The molecular weight excluding hydrogens is 314 g/mol. The molecule has 1 aliphatic rings. The van der Waals surface area contributed by atoms with Crippen LogP contribution in [0, 0.1) is 10.1 Å². The fourth-order valence-corrected chi connectivity index (χ4v) is 1.91. The van der Waals surface area contributed by atoms with Crippen LogP contribution in [0.4, 0.5) is 11.4 Å². The number of nitro benzene ring substituents is 1. The standard InChI is InChI=1S/C13H16N5O2.C2H4O2/c1-9-13(10(2)18(3,4)16-9)15-14-11-5-7-12(8-6-11)17(19)20;1-2(3)4/h5-8H,1-4H3;1H3,(H,3,4)/q+1;/p-1. The van der Waals surface area contributed by atoms with Gasteiger partial charge in [0, 0.05) is 25.0 Å². The Balaban J connectivity index is 0.000000648. The third-order valence-electron chi connectivity index (χ3n) is 3.23. The molecule has 9 heteroatoms. The molecule has 24 heavy (non-hydrogen) atoms. The maximum atomic E-state index is 10.6. The second-order valence-electron chi connectivity index (χ2n) is 5.48. The van der Waals surface area contributed by atoms with Crippen molar-refractivity contribution in [2.24, 2.45) is 15.3 Å². The van der Waals surface area contributed by atoms with Crippen molar-refractivity contribution in [2.45, 2.75) is 20.8 Å². The van der Waals surface area contributed by atoms with Gasteiger partial charge in [-0.25, -0.2) is 0 Å². The second-order valence-corrected chi connectivity index (χ2v) is 5.48. The predicted octanol–water partition coefficient (Wildman–Crippen LogP) is 2.13. The number of rotatable bonds is 3. The Kier molecular flexibility index (Phi) is 6.01.